The van der Waals surface area contributed by atoms with Crippen molar-refractivity contribution in [2.45, 2.75) is 13.3 Å². The third kappa shape index (κ3) is 3.07. The van der Waals surface area contributed by atoms with Crippen LogP contribution in [0.4, 0.5) is 8.78 Å². The second kappa shape index (κ2) is 5.61. The van der Waals surface area contributed by atoms with Crippen molar-refractivity contribution < 1.29 is 13.6 Å². The van der Waals surface area contributed by atoms with Crippen molar-refractivity contribution in [1.29, 1.82) is 0 Å². The first kappa shape index (κ1) is 13.9. The lowest BCUT2D eigenvalue weighted by Gasteiger charge is -2.06. The van der Waals surface area contributed by atoms with E-state index >= 15 is 0 Å². The van der Waals surface area contributed by atoms with Gasteiger partial charge in [-0.25, -0.2) is 8.78 Å². The number of benzene rings is 2. The van der Waals surface area contributed by atoms with E-state index in [9.17, 15) is 13.6 Å². The Morgan fingerprint density at radius 2 is 1.95 bits per heavy atom. The molecule has 2 aromatic rings. The molecule has 1 nitrogen and oxygen atoms in total. The molecule has 19 heavy (non-hydrogen) atoms. The first-order valence-electron chi connectivity index (χ1n) is 5.71. The average Bonchev–Trinajstić information content (AvgIpc) is 2.37. The lowest BCUT2D eigenvalue weighted by Crippen LogP contribution is -2.08. The Morgan fingerprint density at radius 1 is 1.21 bits per heavy atom. The van der Waals surface area contributed by atoms with Crippen molar-refractivity contribution >= 4 is 21.7 Å². The highest BCUT2D eigenvalue weighted by molar-refractivity contribution is 9.10. The third-order valence-corrected chi connectivity index (χ3v) is 3.34. The molecule has 0 aliphatic heterocycles. The average molecular weight is 325 g/mol. The highest BCUT2D eigenvalue weighted by Gasteiger charge is 2.15. The number of ketones is 1. The molecular formula is C15H11BrF2O. The van der Waals surface area contributed by atoms with E-state index in [0.717, 1.165) is 0 Å². The highest BCUT2D eigenvalue weighted by Crippen LogP contribution is 2.19. The number of hydrogen-bond donors (Lipinski definition) is 0. The van der Waals surface area contributed by atoms with Gasteiger partial charge in [0.2, 0.25) is 0 Å². The molecule has 0 bridgehead atoms. The Balaban J connectivity index is 2.31. The molecule has 0 amide bonds. The molecule has 0 aromatic heterocycles. The normalized spacial score (nSPS) is 10.5. The molecule has 98 valence electrons. The predicted octanol–water partition coefficient (Wildman–Crippen LogP) is 4.46. The third-order valence-electron chi connectivity index (χ3n) is 2.85. The van der Waals surface area contributed by atoms with Crippen molar-refractivity contribution in [3.8, 4) is 0 Å². The van der Waals surface area contributed by atoms with Gasteiger partial charge in [-0.05, 0) is 42.3 Å². The highest BCUT2D eigenvalue weighted by atomic mass is 79.9. The number of aryl methyl sites for hydroxylation is 1. The van der Waals surface area contributed by atoms with Crippen LogP contribution in [0.1, 0.15) is 21.5 Å². The largest absolute Gasteiger partial charge is 0.294 e. The van der Waals surface area contributed by atoms with Crippen molar-refractivity contribution in [3.05, 3.63) is 69.2 Å². The SMILES string of the molecule is Cc1cccc(C(=O)Cc2cc(Br)ccc2F)c1F. The van der Waals surface area contributed by atoms with Gasteiger partial charge in [-0.1, -0.05) is 28.1 Å². The molecule has 0 spiro atoms. The number of carbonyl (C=O) groups excluding carboxylic acids is 1. The summed E-state index contributed by atoms with van der Waals surface area (Å²) >= 11 is 3.22. The second-order valence-corrected chi connectivity index (χ2v) is 5.19. The molecule has 2 rings (SSSR count). The number of carbonyl (C=O) groups is 1. The van der Waals surface area contributed by atoms with E-state index in [1.165, 1.54) is 18.2 Å². The summed E-state index contributed by atoms with van der Waals surface area (Å²) in [5.74, 6) is -1.44. The van der Waals surface area contributed by atoms with Crippen molar-refractivity contribution in [2.24, 2.45) is 0 Å². The van der Waals surface area contributed by atoms with Crippen LogP contribution >= 0.6 is 15.9 Å². The second-order valence-electron chi connectivity index (χ2n) is 4.27. The van der Waals surface area contributed by atoms with Crippen LogP contribution < -0.4 is 0 Å². The topological polar surface area (TPSA) is 17.1 Å². The lowest BCUT2D eigenvalue weighted by atomic mass is 10.0. The Hall–Kier alpha value is -1.55. The first-order chi connectivity index (χ1) is 8.99. The Morgan fingerprint density at radius 3 is 2.68 bits per heavy atom. The lowest BCUT2D eigenvalue weighted by molar-refractivity contribution is 0.0988. The van der Waals surface area contributed by atoms with E-state index in [1.807, 2.05) is 0 Å². The molecular weight excluding hydrogens is 314 g/mol. The maximum atomic E-state index is 13.8. The van der Waals surface area contributed by atoms with Crippen LogP contribution in [-0.2, 0) is 6.42 Å². The summed E-state index contributed by atoms with van der Waals surface area (Å²) in [6.45, 7) is 1.59. The van der Waals surface area contributed by atoms with Gasteiger partial charge in [-0.2, -0.15) is 0 Å². The molecule has 0 unspecified atom stereocenters. The van der Waals surface area contributed by atoms with E-state index in [0.29, 0.717) is 10.0 Å². The number of hydrogen-bond acceptors (Lipinski definition) is 1. The Bertz CT molecular complexity index is 638. The molecule has 0 heterocycles. The van der Waals surface area contributed by atoms with Crippen LogP contribution in [0.2, 0.25) is 0 Å². The van der Waals surface area contributed by atoms with Gasteiger partial charge in [0.05, 0.1) is 5.56 Å². The summed E-state index contributed by atoms with van der Waals surface area (Å²) < 4.78 is 28.1. The van der Waals surface area contributed by atoms with Gasteiger partial charge in [-0.15, -0.1) is 0 Å². The number of rotatable bonds is 3. The van der Waals surface area contributed by atoms with Gasteiger partial charge < -0.3 is 0 Å². The summed E-state index contributed by atoms with van der Waals surface area (Å²) in [6.07, 6.45) is -0.161. The van der Waals surface area contributed by atoms with Crippen LogP contribution in [-0.4, -0.2) is 5.78 Å². The van der Waals surface area contributed by atoms with Gasteiger partial charge in [0.25, 0.3) is 0 Å². The number of halogens is 3. The molecule has 0 atom stereocenters. The fraction of sp³-hybridized carbons (Fsp3) is 0.133. The predicted molar refractivity (Wildman–Crippen MR) is 73.3 cm³/mol. The van der Waals surface area contributed by atoms with Crippen LogP contribution in [0, 0.1) is 18.6 Å². The van der Waals surface area contributed by atoms with Crippen LogP contribution in [0.3, 0.4) is 0 Å². The van der Waals surface area contributed by atoms with Crippen LogP contribution in [0.15, 0.2) is 40.9 Å². The quantitative estimate of drug-likeness (QED) is 0.762. The Labute approximate surface area is 118 Å². The zero-order valence-corrected chi connectivity index (χ0v) is 11.8. The minimum absolute atomic E-state index is 0.000578. The zero-order chi connectivity index (χ0) is 14.0. The maximum Gasteiger partial charge on any atom is 0.170 e. The van der Waals surface area contributed by atoms with Crippen LogP contribution in [0.5, 0.6) is 0 Å². The first-order valence-corrected chi connectivity index (χ1v) is 6.50. The zero-order valence-electron chi connectivity index (χ0n) is 10.2. The summed E-state index contributed by atoms with van der Waals surface area (Å²) in [5, 5.41) is 0. The van der Waals surface area contributed by atoms with Crippen LogP contribution in [0.25, 0.3) is 0 Å². The molecule has 0 N–H and O–H groups in total. The molecule has 0 saturated heterocycles. The molecule has 2 aromatic carbocycles. The van der Waals surface area contributed by atoms with E-state index < -0.39 is 17.4 Å². The minimum atomic E-state index is -0.539. The minimum Gasteiger partial charge on any atom is -0.294 e. The fourth-order valence-electron chi connectivity index (χ4n) is 1.81. The fourth-order valence-corrected chi connectivity index (χ4v) is 2.22. The molecule has 0 saturated carbocycles. The standard InChI is InChI=1S/C15H11BrF2O/c1-9-3-2-4-12(15(9)18)14(19)8-10-7-11(16)5-6-13(10)17/h2-7H,8H2,1H3. The monoisotopic (exact) mass is 324 g/mol. The van der Waals surface area contributed by atoms with Crippen molar-refractivity contribution in [3.63, 3.8) is 0 Å². The van der Waals surface area contributed by atoms with Gasteiger partial charge in [-0.3, -0.25) is 4.79 Å². The van der Waals surface area contributed by atoms with Gasteiger partial charge in [0.15, 0.2) is 5.78 Å². The van der Waals surface area contributed by atoms with E-state index in [-0.39, 0.29) is 17.5 Å². The molecule has 0 aliphatic rings. The maximum absolute atomic E-state index is 13.8. The van der Waals surface area contributed by atoms with Crippen molar-refractivity contribution in [2.75, 3.05) is 0 Å². The summed E-state index contributed by atoms with van der Waals surface area (Å²) in [5.41, 5.74) is 0.653. The summed E-state index contributed by atoms with van der Waals surface area (Å²) in [7, 11) is 0. The van der Waals surface area contributed by atoms with E-state index in [1.54, 1.807) is 25.1 Å². The van der Waals surface area contributed by atoms with Gasteiger partial charge in [0, 0.05) is 10.9 Å². The Kier molecular flexibility index (Phi) is 4.10. The van der Waals surface area contributed by atoms with E-state index in [4.69, 9.17) is 0 Å². The van der Waals surface area contributed by atoms with E-state index in [2.05, 4.69) is 15.9 Å². The molecule has 0 aliphatic carbocycles. The summed E-state index contributed by atoms with van der Waals surface area (Å²) in [6, 6.07) is 8.98. The van der Waals surface area contributed by atoms with Gasteiger partial charge >= 0.3 is 0 Å². The molecule has 0 fully saturated rings. The van der Waals surface area contributed by atoms with Gasteiger partial charge in [0.1, 0.15) is 11.6 Å². The van der Waals surface area contributed by atoms with Crippen molar-refractivity contribution in [1.82, 2.24) is 0 Å². The smallest absolute Gasteiger partial charge is 0.170 e. The molecule has 0 radical (unpaired) electrons. The summed E-state index contributed by atoms with van der Waals surface area (Å²) in [4.78, 5) is 12.0. The number of Topliss-reactive ketones (excluding diaryl/α,β-unsaturated/α-hetero) is 1. The molecule has 4 heteroatoms.